The molecule has 3 heteroatoms. The number of aryl methyl sites for hydroxylation is 1. The van der Waals surface area contributed by atoms with Crippen molar-refractivity contribution in [1.29, 1.82) is 0 Å². The first-order valence-corrected chi connectivity index (χ1v) is 5.72. The summed E-state index contributed by atoms with van der Waals surface area (Å²) in [5.74, 6) is 2.02. The van der Waals surface area contributed by atoms with Crippen LogP contribution in [0.3, 0.4) is 0 Å². The van der Waals surface area contributed by atoms with Crippen molar-refractivity contribution < 1.29 is 9.15 Å². The highest BCUT2D eigenvalue weighted by molar-refractivity contribution is 5.61. The van der Waals surface area contributed by atoms with Crippen LogP contribution in [0.15, 0.2) is 28.9 Å². The monoisotopic (exact) mass is 231 g/mol. The van der Waals surface area contributed by atoms with Crippen LogP contribution in [-0.2, 0) is 0 Å². The number of methoxy groups -OCH3 is 1. The van der Waals surface area contributed by atoms with Crippen LogP contribution < -0.4 is 4.74 Å². The molecule has 0 spiro atoms. The molecule has 90 valence electrons. The highest BCUT2D eigenvalue weighted by Crippen LogP contribution is 2.31. The Kier molecular flexibility index (Phi) is 3.18. The van der Waals surface area contributed by atoms with E-state index >= 15 is 0 Å². The summed E-state index contributed by atoms with van der Waals surface area (Å²) >= 11 is 0. The van der Waals surface area contributed by atoms with Crippen molar-refractivity contribution in [2.75, 3.05) is 7.11 Å². The predicted molar refractivity (Wildman–Crippen MR) is 67.3 cm³/mol. The van der Waals surface area contributed by atoms with Gasteiger partial charge in [-0.25, -0.2) is 4.98 Å². The van der Waals surface area contributed by atoms with Crippen molar-refractivity contribution in [2.45, 2.75) is 26.7 Å². The van der Waals surface area contributed by atoms with Gasteiger partial charge in [-0.2, -0.15) is 0 Å². The molecule has 0 saturated carbocycles. The molecule has 17 heavy (non-hydrogen) atoms. The number of aromatic nitrogens is 1. The maximum Gasteiger partial charge on any atom is 0.191 e. The number of rotatable bonds is 3. The molecule has 0 aliphatic carbocycles. The van der Waals surface area contributed by atoms with Gasteiger partial charge in [-0.1, -0.05) is 13.8 Å². The molecular weight excluding hydrogens is 214 g/mol. The SMILES string of the molecule is COc1ccc(-c2coc(C)n2)cc1C(C)C. The Hall–Kier alpha value is -1.77. The van der Waals surface area contributed by atoms with E-state index in [1.54, 1.807) is 13.4 Å². The summed E-state index contributed by atoms with van der Waals surface area (Å²) in [5.41, 5.74) is 3.11. The number of oxazole rings is 1. The average molecular weight is 231 g/mol. The number of nitrogens with zero attached hydrogens (tertiary/aromatic N) is 1. The summed E-state index contributed by atoms with van der Waals surface area (Å²) in [6.45, 7) is 6.14. The lowest BCUT2D eigenvalue weighted by molar-refractivity contribution is 0.407. The number of ether oxygens (including phenoxy) is 1. The standard InChI is InChI=1S/C14H17NO2/c1-9(2)12-7-11(5-6-14(12)16-4)13-8-17-10(3)15-13/h5-9H,1-4H3. The maximum atomic E-state index is 5.36. The van der Waals surface area contributed by atoms with E-state index < -0.39 is 0 Å². The van der Waals surface area contributed by atoms with Gasteiger partial charge in [0.05, 0.1) is 7.11 Å². The Morgan fingerprint density at radius 2 is 2.06 bits per heavy atom. The van der Waals surface area contributed by atoms with Gasteiger partial charge in [0.1, 0.15) is 17.7 Å². The summed E-state index contributed by atoms with van der Waals surface area (Å²) in [5, 5.41) is 0. The van der Waals surface area contributed by atoms with Crippen LogP contribution >= 0.6 is 0 Å². The first-order valence-electron chi connectivity index (χ1n) is 5.72. The van der Waals surface area contributed by atoms with Gasteiger partial charge < -0.3 is 9.15 Å². The highest BCUT2D eigenvalue weighted by atomic mass is 16.5. The third-order valence-electron chi connectivity index (χ3n) is 2.77. The van der Waals surface area contributed by atoms with E-state index in [-0.39, 0.29) is 0 Å². The molecule has 1 aromatic heterocycles. The number of hydrogen-bond acceptors (Lipinski definition) is 3. The Bertz CT molecular complexity index is 515. The molecule has 0 unspecified atom stereocenters. The minimum absolute atomic E-state index is 0.415. The van der Waals surface area contributed by atoms with Crippen molar-refractivity contribution in [1.82, 2.24) is 4.98 Å². The minimum Gasteiger partial charge on any atom is -0.496 e. The zero-order valence-electron chi connectivity index (χ0n) is 10.7. The molecule has 0 aliphatic heterocycles. The predicted octanol–water partition coefficient (Wildman–Crippen LogP) is 3.78. The second-order valence-corrected chi connectivity index (χ2v) is 4.36. The van der Waals surface area contributed by atoms with Gasteiger partial charge in [-0.3, -0.25) is 0 Å². The molecule has 1 heterocycles. The fourth-order valence-corrected chi connectivity index (χ4v) is 1.84. The smallest absolute Gasteiger partial charge is 0.191 e. The van der Waals surface area contributed by atoms with E-state index in [1.807, 2.05) is 19.1 Å². The fraction of sp³-hybridized carbons (Fsp3) is 0.357. The third kappa shape index (κ3) is 2.33. The summed E-state index contributed by atoms with van der Waals surface area (Å²) in [6, 6.07) is 6.09. The van der Waals surface area contributed by atoms with Crippen LogP contribution in [-0.4, -0.2) is 12.1 Å². The molecule has 0 radical (unpaired) electrons. The molecule has 0 amide bonds. The molecule has 0 saturated heterocycles. The Labute approximate surface area is 101 Å². The normalized spacial score (nSPS) is 10.9. The van der Waals surface area contributed by atoms with Crippen LogP contribution in [0.1, 0.15) is 31.2 Å². The quantitative estimate of drug-likeness (QED) is 0.806. The van der Waals surface area contributed by atoms with E-state index in [4.69, 9.17) is 9.15 Å². The van der Waals surface area contributed by atoms with Crippen LogP contribution in [0.5, 0.6) is 5.75 Å². The molecule has 2 rings (SSSR count). The lowest BCUT2D eigenvalue weighted by Gasteiger charge is -2.12. The van der Waals surface area contributed by atoms with Gasteiger partial charge in [0.25, 0.3) is 0 Å². The fourth-order valence-electron chi connectivity index (χ4n) is 1.84. The van der Waals surface area contributed by atoms with Crippen molar-refractivity contribution in [3.63, 3.8) is 0 Å². The molecular formula is C14H17NO2. The molecule has 0 aliphatic rings. The first kappa shape index (κ1) is 11.7. The van der Waals surface area contributed by atoms with Crippen LogP contribution in [0.2, 0.25) is 0 Å². The molecule has 1 aromatic carbocycles. The van der Waals surface area contributed by atoms with Crippen LogP contribution in [0.4, 0.5) is 0 Å². The first-order chi connectivity index (χ1) is 8.11. The van der Waals surface area contributed by atoms with Crippen LogP contribution in [0.25, 0.3) is 11.3 Å². The second kappa shape index (κ2) is 4.62. The lowest BCUT2D eigenvalue weighted by atomic mass is 9.98. The summed E-state index contributed by atoms with van der Waals surface area (Å²) in [6.07, 6.45) is 1.68. The van der Waals surface area contributed by atoms with E-state index in [0.29, 0.717) is 11.8 Å². The van der Waals surface area contributed by atoms with Gasteiger partial charge >= 0.3 is 0 Å². The topological polar surface area (TPSA) is 35.3 Å². The molecule has 0 bridgehead atoms. The minimum atomic E-state index is 0.415. The Morgan fingerprint density at radius 3 is 2.59 bits per heavy atom. The molecule has 2 aromatic rings. The molecule has 0 atom stereocenters. The van der Waals surface area contributed by atoms with Crippen molar-refractivity contribution in [2.24, 2.45) is 0 Å². The van der Waals surface area contributed by atoms with E-state index in [2.05, 4.69) is 24.9 Å². The molecule has 0 N–H and O–H groups in total. The Balaban J connectivity index is 2.47. The van der Waals surface area contributed by atoms with Crippen LogP contribution in [0, 0.1) is 6.92 Å². The van der Waals surface area contributed by atoms with Gasteiger partial charge in [0.15, 0.2) is 5.89 Å². The zero-order valence-corrected chi connectivity index (χ0v) is 10.7. The summed E-state index contributed by atoms with van der Waals surface area (Å²) < 4.78 is 10.6. The van der Waals surface area contributed by atoms with Gasteiger partial charge in [0, 0.05) is 12.5 Å². The number of hydrogen-bond donors (Lipinski definition) is 0. The van der Waals surface area contributed by atoms with Gasteiger partial charge in [-0.15, -0.1) is 0 Å². The lowest BCUT2D eigenvalue weighted by Crippen LogP contribution is -1.94. The van der Waals surface area contributed by atoms with Gasteiger partial charge in [-0.05, 0) is 29.7 Å². The third-order valence-corrected chi connectivity index (χ3v) is 2.77. The van der Waals surface area contributed by atoms with E-state index in [1.165, 1.54) is 5.56 Å². The zero-order chi connectivity index (χ0) is 12.4. The number of benzene rings is 1. The maximum absolute atomic E-state index is 5.36. The van der Waals surface area contributed by atoms with Crippen molar-refractivity contribution in [3.8, 4) is 17.0 Å². The van der Waals surface area contributed by atoms with Gasteiger partial charge in [0.2, 0.25) is 0 Å². The average Bonchev–Trinajstić information content (AvgIpc) is 2.75. The molecule has 3 nitrogen and oxygen atoms in total. The highest BCUT2D eigenvalue weighted by Gasteiger charge is 2.11. The Morgan fingerprint density at radius 1 is 1.29 bits per heavy atom. The largest absolute Gasteiger partial charge is 0.496 e. The van der Waals surface area contributed by atoms with E-state index in [9.17, 15) is 0 Å². The summed E-state index contributed by atoms with van der Waals surface area (Å²) in [4.78, 5) is 4.33. The summed E-state index contributed by atoms with van der Waals surface area (Å²) in [7, 11) is 1.70. The van der Waals surface area contributed by atoms with E-state index in [0.717, 1.165) is 17.0 Å². The molecule has 0 fully saturated rings. The van der Waals surface area contributed by atoms with Crippen molar-refractivity contribution in [3.05, 3.63) is 35.9 Å². The van der Waals surface area contributed by atoms with Crippen molar-refractivity contribution >= 4 is 0 Å². The second-order valence-electron chi connectivity index (χ2n) is 4.36.